The van der Waals surface area contributed by atoms with Gasteiger partial charge in [-0.3, -0.25) is 4.79 Å². The molecule has 178 valence electrons. The van der Waals surface area contributed by atoms with Gasteiger partial charge in [0.25, 0.3) is 5.91 Å². The van der Waals surface area contributed by atoms with E-state index in [9.17, 15) is 4.79 Å². The van der Waals surface area contributed by atoms with E-state index in [1.165, 1.54) is 24.7 Å². The molecule has 0 saturated heterocycles. The number of rotatable bonds is 9. The lowest BCUT2D eigenvalue weighted by Crippen LogP contribution is -2.24. The second-order valence-electron chi connectivity index (χ2n) is 8.19. The van der Waals surface area contributed by atoms with Crippen LogP contribution >= 0.6 is 11.6 Å². The summed E-state index contributed by atoms with van der Waals surface area (Å²) in [6.07, 6.45) is 3.46. The van der Waals surface area contributed by atoms with Crippen LogP contribution in [0.25, 0.3) is 0 Å². The Morgan fingerprint density at radius 1 is 1.00 bits per heavy atom. The van der Waals surface area contributed by atoms with Gasteiger partial charge in [-0.15, -0.1) is 0 Å². The molecule has 6 nitrogen and oxygen atoms in total. The van der Waals surface area contributed by atoms with E-state index in [0.29, 0.717) is 40.5 Å². The Kier molecular flexibility index (Phi) is 7.93. The van der Waals surface area contributed by atoms with Crippen LogP contribution in [0, 0.1) is 0 Å². The Hall–Kier alpha value is -3.22. The summed E-state index contributed by atoms with van der Waals surface area (Å²) in [5.41, 5.74) is 4.44. The Bertz CT molecular complexity index is 1150. The molecule has 7 heteroatoms. The number of carbonyl (C=O) groups excluding carboxylic acids is 1. The van der Waals surface area contributed by atoms with E-state index in [1.54, 1.807) is 25.3 Å². The molecule has 3 aromatic carbocycles. The predicted octanol–water partition coefficient (Wildman–Crippen LogP) is 5.54. The Morgan fingerprint density at radius 2 is 1.82 bits per heavy atom. The molecule has 0 bridgehead atoms. The molecule has 0 fully saturated rings. The molecule has 1 amide bonds. The van der Waals surface area contributed by atoms with Crippen molar-refractivity contribution < 1.29 is 19.0 Å². The molecule has 0 aliphatic heterocycles. The van der Waals surface area contributed by atoms with Crippen LogP contribution in [0.15, 0.2) is 60.7 Å². The molecule has 4 rings (SSSR count). The first-order valence-electron chi connectivity index (χ1n) is 11.3. The summed E-state index contributed by atoms with van der Waals surface area (Å²) < 4.78 is 16.5. The van der Waals surface area contributed by atoms with Crippen LogP contribution in [0.4, 0.5) is 5.69 Å². The van der Waals surface area contributed by atoms with Crippen LogP contribution in [-0.4, -0.2) is 26.7 Å². The summed E-state index contributed by atoms with van der Waals surface area (Å²) in [7, 11) is 3.11. The number of amides is 1. The molecule has 0 saturated carbocycles. The van der Waals surface area contributed by atoms with Gasteiger partial charge in [0.15, 0.2) is 18.1 Å². The van der Waals surface area contributed by atoms with Gasteiger partial charge in [-0.25, -0.2) is 0 Å². The Labute approximate surface area is 205 Å². The van der Waals surface area contributed by atoms with Crippen LogP contribution in [0.2, 0.25) is 5.02 Å². The average molecular weight is 481 g/mol. The summed E-state index contributed by atoms with van der Waals surface area (Å²) in [5.74, 6) is 1.26. The zero-order valence-electron chi connectivity index (χ0n) is 19.4. The molecular weight excluding hydrogens is 452 g/mol. The van der Waals surface area contributed by atoms with Crippen molar-refractivity contribution in [2.24, 2.45) is 0 Å². The smallest absolute Gasteiger partial charge is 0.262 e. The number of hydrogen-bond acceptors (Lipinski definition) is 5. The first-order valence-corrected chi connectivity index (χ1v) is 11.7. The summed E-state index contributed by atoms with van der Waals surface area (Å²) in [6, 6.07) is 19.8. The number of halogens is 1. The highest BCUT2D eigenvalue weighted by Crippen LogP contribution is 2.32. The fraction of sp³-hybridized carbons (Fsp3) is 0.296. The molecule has 0 spiro atoms. The van der Waals surface area contributed by atoms with Crippen molar-refractivity contribution >= 4 is 23.2 Å². The minimum absolute atomic E-state index is 0.168. The third-order valence-corrected chi connectivity index (χ3v) is 6.18. The van der Waals surface area contributed by atoms with E-state index in [2.05, 4.69) is 34.9 Å². The number of anilines is 1. The highest BCUT2D eigenvalue weighted by molar-refractivity contribution is 6.30. The second-order valence-corrected chi connectivity index (χ2v) is 8.63. The van der Waals surface area contributed by atoms with Crippen molar-refractivity contribution in [2.45, 2.75) is 31.8 Å². The lowest BCUT2D eigenvalue weighted by Gasteiger charge is -2.26. The molecule has 1 aliphatic rings. The fourth-order valence-corrected chi connectivity index (χ4v) is 4.41. The molecule has 1 atom stereocenters. The minimum atomic E-state index is -0.315. The summed E-state index contributed by atoms with van der Waals surface area (Å²) >= 11 is 5.97. The maximum atomic E-state index is 12.4. The molecule has 0 heterocycles. The molecule has 3 aromatic rings. The largest absolute Gasteiger partial charge is 0.495 e. The standard InChI is InChI=1S/C27H29ClN2O4/c1-32-25-15-20(28)11-12-23(25)30-27(31)17-34-24-13-10-18(14-26(24)33-2)16-29-22-9-5-7-19-6-3-4-8-21(19)22/h3-4,6,8,10-15,22,29H,5,7,9,16-17H2,1-2H3,(H,30,31)/t22-/m0/s1. The third-order valence-electron chi connectivity index (χ3n) is 5.95. The third kappa shape index (κ3) is 5.82. The van der Waals surface area contributed by atoms with Gasteiger partial charge in [0.1, 0.15) is 5.75 Å². The van der Waals surface area contributed by atoms with E-state index in [4.69, 9.17) is 25.8 Å². The van der Waals surface area contributed by atoms with Gasteiger partial charge >= 0.3 is 0 Å². The fourth-order valence-electron chi connectivity index (χ4n) is 4.25. The van der Waals surface area contributed by atoms with E-state index < -0.39 is 0 Å². The lowest BCUT2D eigenvalue weighted by molar-refractivity contribution is -0.118. The summed E-state index contributed by atoms with van der Waals surface area (Å²) in [5, 5.41) is 6.98. The van der Waals surface area contributed by atoms with Gasteiger partial charge in [0, 0.05) is 23.7 Å². The van der Waals surface area contributed by atoms with Crippen molar-refractivity contribution in [1.29, 1.82) is 0 Å². The first-order chi connectivity index (χ1) is 16.6. The number of aryl methyl sites for hydroxylation is 1. The van der Waals surface area contributed by atoms with Crippen molar-refractivity contribution in [2.75, 3.05) is 26.1 Å². The topological polar surface area (TPSA) is 68.8 Å². The lowest BCUT2D eigenvalue weighted by atomic mass is 9.87. The zero-order valence-corrected chi connectivity index (χ0v) is 20.2. The average Bonchev–Trinajstić information content (AvgIpc) is 2.87. The van der Waals surface area contributed by atoms with Crippen molar-refractivity contribution in [3.8, 4) is 17.2 Å². The minimum Gasteiger partial charge on any atom is -0.495 e. The predicted molar refractivity (Wildman–Crippen MR) is 134 cm³/mol. The van der Waals surface area contributed by atoms with Crippen LogP contribution in [0.3, 0.4) is 0 Å². The second kappa shape index (κ2) is 11.3. The number of ether oxygens (including phenoxy) is 3. The molecule has 0 aromatic heterocycles. The number of hydrogen-bond donors (Lipinski definition) is 2. The van der Waals surface area contributed by atoms with E-state index in [0.717, 1.165) is 18.4 Å². The highest BCUT2D eigenvalue weighted by Gasteiger charge is 2.19. The van der Waals surface area contributed by atoms with E-state index >= 15 is 0 Å². The van der Waals surface area contributed by atoms with Gasteiger partial charge in [0.2, 0.25) is 0 Å². The first kappa shape index (κ1) is 23.9. The number of nitrogens with one attached hydrogen (secondary N) is 2. The maximum Gasteiger partial charge on any atom is 0.262 e. The summed E-state index contributed by atoms with van der Waals surface area (Å²) in [4.78, 5) is 12.4. The molecule has 0 unspecified atom stereocenters. The maximum absolute atomic E-state index is 12.4. The number of fused-ring (bicyclic) bond motifs is 1. The Balaban J connectivity index is 1.35. The molecule has 1 aliphatic carbocycles. The van der Waals surface area contributed by atoms with Gasteiger partial charge < -0.3 is 24.8 Å². The highest BCUT2D eigenvalue weighted by atomic mass is 35.5. The van der Waals surface area contributed by atoms with Gasteiger partial charge in [-0.2, -0.15) is 0 Å². The van der Waals surface area contributed by atoms with Crippen molar-refractivity contribution in [3.63, 3.8) is 0 Å². The number of methoxy groups -OCH3 is 2. The normalized spacial score (nSPS) is 14.7. The van der Waals surface area contributed by atoms with E-state index in [-0.39, 0.29) is 12.5 Å². The molecular formula is C27H29ClN2O4. The number of carbonyl (C=O) groups is 1. The SMILES string of the molecule is COc1cc(Cl)ccc1NC(=O)COc1ccc(CN[C@H]2CCCc3ccccc32)cc1OC. The van der Waals surface area contributed by atoms with Crippen molar-refractivity contribution in [3.05, 3.63) is 82.4 Å². The monoisotopic (exact) mass is 480 g/mol. The quantitative estimate of drug-likeness (QED) is 0.420. The van der Waals surface area contributed by atoms with Gasteiger partial charge in [0.05, 0.1) is 19.9 Å². The zero-order chi connectivity index (χ0) is 23.9. The van der Waals surface area contributed by atoms with Gasteiger partial charge in [-0.05, 0) is 60.2 Å². The summed E-state index contributed by atoms with van der Waals surface area (Å²) in [6.45, 7) is 0.547. The molecule has 2 N–H and O–H groups in total. The van der Waals surface area contributed by atoms with Crippen LogP contribution in [-0.2, 0) is 17.8 Å². The Morgan fingerprint density at radius 3 is 2.65 bits per heavy atom. The number of benzene rings is 3. The molecule has 34 heavy (non-hydrogen) atoms. The van der Waals surface area contributed by atoms with E-state index in [1.807, 2.05) is 18.2 Å². The van der Waals surface area contributed by atoms with Crippen molar-refractivity contribution in [1.82, 2.24) is 5.32 Å². The van der Waals surface area contributed by atoms with Crippen LogP contribution < -0.4 is 24.8 Å². The van der Waals surface area contributed by atoms with Gasteiger partial charge in [-0.1, -0.05) is 41.9 Å². The van der Waals surface area contributed by atoms with Crippen LogP contribution in [0.1, 0.15) is 35.6 Å². The molecule has 0 radical (unpaired) electrons. The van der Waals surface area contributed by atoms with Crippen LogP contribution in [0.5, 0.6) is 17.2 Å².